The smallest absolute Gasteiger partial charge is 0.341 e. The Morgan fingerprint density at radius 1 is 1.11 bits per heavy atom. The lowest BCUT2D eigenvalue weighted by Crippen LogP contribution is -2.48. The number of hydrogen-bond donors (Lipinski definition) is 2. The van der Waals surface area contributed by atoms with Gasteiger partial charge in [0.15, 0.2) is 6.61 Å². The number of nitrogens with zero attached hydrogens (tertiary/aromatic N) is 4. The fraction of sp³-hybridized carbons (Fsp3) is 0.333. The molecule has 1 aliphatic heterocycles. The number of carbonyl (C=O) groups excluding carboxylic acids is 1. The summed E-state index contributed by atoms with van der Waals surface area (Å²) in [6.45, 7) is 4.44. The molecule has 12 nitrogen and oxygen atoms in total. The molecule has 0 radical (unpaired) electrons. The van der Waals surface area contributed by atoms with E-state index in [1.165, 1.54) is 28.0 Å². The summed E-state index contributed by atoms with van der Waals surface area (Å²) in [5, 5.41) is 19.4. The van der Waals surface area contributed by atoms with Gasteiger partial charge in [-0.2, -0.15) is 4.31 Å². The number of nitrogens with one attached hydrogen (secondary N) is 1. The highest BCUT2D eigenvalue weighted by Crippen LogP contribution is 2.29. The Bertz CT molecular complexity index is 1370. The number of amides is 1. The second-order valence-corrected chi connectivity index (χ2v) is 11.4. The summed E-state index contributed by atoms with van der Waals surface area (Å²) in [6, 6.07) is 11.2. The molecule has 2 heterocycles. The topological polar surface area (TPSA) is 151 Å². The van der Waals surface area contributed by atoms with Crippen LogP contribution in [0.1, 0.15) is 24.2 Å². The molecule has 2 N–H and O–H groups in total. The first-order valence-corrected chi connectivity index (χ1v) is 14.0. The highest BCUT2D eigenvalue weighted by molar-refractivity contribution is 7.89. The molecule has 14 heteroatoms. The van der Waals surface area contributed by atoms with E-state index in [1.54, 1.807) is 24.3 Å². The van der Waals surface area contributed by atoms with Crippen molar-refractivity contribution in [2.75, 3.05) is 43.0 Å². The monoisotopic (exact) mass is 561 g/mol. The number of aromatic nitrogens is 2. The molecule has 1 saturated heterocycles. The summed E-state index contributed by atoms with van der Waals surface area (Å²) in [6.07, 6.45) is -0.0145. The van der Waals surface area contributed by atoms with Crippen LogP contribution < -0.4 is 19.7 Å². The summed E-state index contributed by atoms with van der Waals surface area (Å²) in [4.78, 5) is 26.0. The minimum atomic E-state index is -3.68. The third-order valence-corrected chi connectivity index (χ3v) is 8.10. The van der Waals surface area contributed by atoms with Crippen molar-refractivity contribution in [1.82, 2.24) is 14.5 Å². The maximum absolute atomic E-state index is 13.2. The van der Waals surface area contributed by atoms with Crippen molar-refractivity contribution in [2.45, 2.75) is 24.8 Å². The Hall–Kier alpha value is -3.75. The molecule has 38 heavy (non-hydrogen) atoms. The van der Waals surface area contributed by atoms with E-state index in [9.17, 15) is 18.0 Å². The standard InChI is InChI=1S/C24H27N5O7S2/c1-16(2)36-18-4-6-19(7-5-18)38(33,34)29-11-9-28(10-12-29)17-3-8-20(21(13-17)35-14-22(30)31)23(32)26-24-27-25-15-37-24/h3-8,13,15-16H,9-12,14H2,1-2H3,(H,30,31)(H,26,27,32). The van der Waals surface area contributed by atoms with E-state index in [1.807, 2.05) is 18.7 Å². The third-order valence-electron chi connectivity index (χ3n) is 5.58. The van der Waals surface area contributed by atoms with Crippen molar-refractivity contribution in [3.8, 4) is 11.5 Å². The first-order chi connectivity index (χ1) is 18.1. The first kappa shape index (κ1) is 27.3. The molecule has 1 fully saturated rings. The highest BCUT2D eigenvalue weighted by atomic mass is 32.2. The number of rotatable bonds is 10. The number of benzene rings is 2. The lowest BCUT2D eigenvalue weighted by atomic mass is 10.1. The molecular formula is C24H27N5O7S2. The molecule has 0 aliphatic carbocycles. The van der Waals surface area contributed by atoms with Crippen molar-refractivity contribution in [2.24, 2.45) is 0 Å². The molecule has 0 spiro atoms. The quantitative estimate of drug-likeness (QED) is 0.378. The number of anilines is 2. The molecular weight excluding hydrogens is 534 g/mol. The molecule has 0 bridgehead atoms. The van der Waals surface area contributed by atoms with Crippen LogP contribution in [0.5, 0.6) is 11.5 Å². The number of hydrogen-bond acceptors (Lipinski definition) is 10. The Kier molecular flexibility index (Phi) is 8.44. The predicted molar refractivity (Wildman–Crippen MR) is 141 cm³/mol. The Morgan fingerprint density at radius 3 is 2.42 bits per heavy atom. The molecule has 0 unspecified atom stereocenters. The van der Waals surface area contributed by atoms with Gasteiger partial charge in [-0.15, -0.1) is 10.2 Å². The zero-order chi connectivity index (χ0) is 27.3. The van der Waals surface area contributed by atoms with Gasteiger partial charge < -0.3 is 19.5 Å². The van der Waals surface area contributed by atoms with E-state index >= 15 is 0 Å². The number of aliphatic carboxylic acids is 1. The summed E-state index contributed by atoms with van der Waals surface area (Å²) >= 11 is 1.14. The predicted octanol–water partition coefficient (Wildman–Crippen LogP) is 2.55. The molecule has 0 saturated carbocycles. The second-order valence-electron chi connectivity index (χ2n) is 8.59. The van der Waals surface area contributed by atoms with Gasteiger partial charge in [0.2, 0.25) is 15.2 Å². The van der Waals surface area contributed by atoms with Crippen LogP contribution in [0.2, 0.25) is 0 Å². The van der Waals surface area contributed by atoms with Crippen LogP contribution in [0.3, 0.4) is 0 Å². The first-order valence-electron chi connectivity index (χ1n) is 11.7. The van der Waals surface area contributed by atoms with Crippen LogP contribution in [0.25, 0.3) is 0 Å². The number of carboxylic acid groups (broad SMARTS) is 1. The minimum absolute atomic E-state index is 0.0145. The van der Waals surface area contributed by atoms with Gasteiger partial charge in [0.05, 0.1) is 16.6 Å². The highest BCUT2D eigenvalue weighted by Gasteiger charge is 2.29. The van der Waals surface area contributed by atoms with Crippen LogP contribution in [0, 0.1) is 0 Å². The van der Waals surface area contributed by atoms with Gasteiger partial charge in [0.1, 0.15) is 17.0 Å². The summed E-state index contributed by atoms with van der Waals surface area (Å²) in [5.41, 5.74) is 2.28. The van der Waals surface area contributed by atoms with Crippen LogP contribution in [0.15, 0.2) is 52.9 Å². The lowest BCUT2D eigenvalue weighted by molar-refractivity contribution is -0.139. The van der Waals surface area contributed by atoms with E-state index in [2.05, 4.69) is 15.5 Å². The van der Waals surface area contributed by atoms with Gasteiger partial charge in [-0.05, 0) is 50.2 Å². The number of sulfonamides is 1. The van der Waals surface area contributed by atoms with E-state index in [4.69, 9.17) is 14.6 Å². The minimum Gasteiger partial charge on any atom is -0.491 e. The molecule has 1 amide bonds. The molecule has 4 rings (SSSR count). The van der Waals surface area contributed by atoms with Crippen LogP contribution >= 0.6 is 11.3 Å². The van der Waals surface area contributed by atoms with Gasteiger partial charge >= 0.3 is 5.97 Å². The van der Waals surface area contributed by atoms with E-state index < -0.39 is 28.5 Å². The van der Waals surface area contributed by atoms with Gasteiger partial charge in [-0.3, -0.25) is 10.1 Å². The van der Waals surface area contributed by atoms with Crippen molar-refractivity contribution < 1.29 is 32.6 Å². The largest absolute Gasteiger partial charge is 0.491 e. The lowest BCUT2D eigenvalue weighted by Gasteiger charge is -2.35. The van der Waals surface area contributed by atoms with Crippen molar-refractivity contribution in [3.63, 3.8) is 0 Å². The van der Waals surface area contributed by atoms with Gasteiger partial charge in [-0.25, -0.2) is 13.2 Å². The molecule has 202 valence electrons. The van der Waals surface area contributed by atoms with Crippen LogP contribution in [-0.2, 0) is 14.8 Å². The van der Waals surface area contributed by atoms with E-state index in [0.29, 0.717) is 29.7 Å². The Labute approximate surface area is 223 Å². The maximum atomic E-state index is 13.2. The van der Waals surface area contributed by atoms with E-state index in [-0.39, 0.29) is 35.4 Å². The van der Waals surface area contributed by atoms with Crippen molar-refractivity contribution in [3.05, 3.63) is 53.5 Å². The molecule has 1 aromatic heterocycles. The van der Waals surface area contributed by atoms with E-state index in [0.717, 1.165) is 11.3 Å². The Balaban J connectivity index is 1.46. The van der Waals surface area contributed by atoms with Crippen molar-refractivity contribution >= 4 is 44.1 Å². The fourth-order valence-electron chi connectivity index (χ4n) is 3.84. The Morgan fingerprint density at radius 2 is 1.82 bits per heavy atom. The summed E-state index contributed by atoms with van der Waals surface area (Å²) in [5.74, 6) is -1.02. The van der Waals surface area contributed by atoms with Gasteiger partial charge in [0.25, 0.3) is 5.91 Å². The number of carboxylic acids is 1. The van der Waals surface area contributed by atoms with Crippen LogP contribution in [0.4, 0.5) is 10.8 Å². The maximum Gasteiger partial charge on any atom is 0.341 e. The second kappa shape index (κ2) is 11.8. The zero-order valence-electron chi connectivity index (χ0n) is 20.7. The molecule has 2 aromatic carbocycles. The SMILES string of the molecule is CC(C)Oc1ccc(S(=O)(=O)N2CCN(c3ccc(C(=O)Nc4nncs4)c(OCC(=O)O)c3)CC2)cc1. The van der Waals surface area contributed by atoms with Gasteiger partial charge in [0, 0.05) is 37.9 Å². The normalized spacial score (nSPS) is 14.3. The summed E-state index contributed by atoms with van der Waals surface area (Å²) < 4.78 is 38.7. The van der Waals surface area contributed by atoms with Crippen LogP contribution in [-0.4, -0.2) is 78.8 Å². The number of ether oxygens (including phenoxy) is 2. The van der Waals surface area contributed by atoms with Gasteiger partial charge in [-0.1, -0.05) is 11.3 Å². The fourth-order valence-corrected chi connectivity index (χ4v) is 5.71. The molecule has 1 aliphatic rings. The zero-order valence-corrected chi connectivity index (χ0v) is 22.4. The molecule has 3 aromatic rings. The number of carbonyl (C=O) groups is 2. The third kappa shape index (κ3) is 6.57. The molecule has 0 atom stereocenters. The number of piperazine rings is 1. The summed E-state index contributed by atoms with van der Waals surface area (Å²) in [7, 11) is -3.68. The average molecular weight is 562 g/mol. The van der Waals surface area contributed by atoms with Crippen molar-refractivity contribution in [1.29, 1.82) is 0 Å². The average Bonchev–Trinajstić information content (AvgIpc) is 3.40.